The normalized spacial score (nSPS) is 13.1. The number of hydrogen-bond acceptors (Lipinski definition) is 5. The number of nitrogens with zero attached hydrogens (tertiary/aromatic N) is 2. The van der Waals surface area contributed by atoms with Crippen molar-refractivity contribution in [3.63, 3.8) is 0 Å². The molecule has 0 unspecified atom stereocenters. The first-order valence-electron chi connectivity index (χ1n) is 10.9. The second-order valence-electron chi connectivity index (χ2n) is 8.23. The Balaban J connectivity index is 1.50. The van der Waals surface area contributed by atoms with Gasteiger partial charge < -0.3 is 5.32 Å². The average Bonchev–Trinajstić information content (AvgIpc) is 3.20. The minimum atomic E-state index is -1.03. The van der Waals surface area contributed by atoms with Crippen LogP contribution in [0.15, 0.2) is 52.4 Å². The molecule has 0 bridgehead atoms. The highest BCUT2D eigenvalue weighted by atomic mass is 32.2. The number of anilines is 1. The maximum atomic E-state index is 13.7. The number of amides is 1. The van der Waals surface area contributed by atoms with Crippen molar-refractivity contribution < 1.29 is 13.6 Å². The van der Waals surface area contributed by atoms with Crippen LogP contribution in [0, 0.1) is 18.6 Å². The van der Waals surface area contributed by atoms with Gasteiger partial charge in [-0.1, -0.05) is 29.5 Å². The number of carbonyl (C=O) groups excluding carboxylic acids is 1. The second kappa shape index (κ2) is 9.31. The lowest BCUT2D eigenvalue weighted by atomic mass is 9.97. The Morgan fingerprint density at radius 2 is 1.88 bits per heavy atom. The summed E-state index contributed by atoms with van der Waals surface area (Å²) in [5, 5.41) is 3.65. The third-order valence-electron chi connectivity index (χ3n) is 5.79. The number of rotatable bonds is 5. The van der Waals surface area contributed by atoms with E-state index in [0.29, 0.717) is 21.1 Å². The fourth-order valence-electron chi connectivity index (χ4n) is 4.11. The number of hydrogen-bond donors (Lipinski definition) is 1. The number of fused-ring (bicyclic) bond motifs is 3. The summed E-state index contributed by atoms with van der Waals surface area (Å²) in [7, 11) is 0. The van der Waals surface area contributed by atoms with E-state index in [-0.39, 0.29) is 17.0 Å². The van der Waals surface area contributed by atoms with Crippen LogP contribution in [-0.4, -0.2) is 21.2 Å². The molecule has 0 saturated heterocycles. The maximum absolute atomic E-state index is 13.7. The Hall–Kier alpha value is -3.04. The highest BCUT2D eigenvalue weighted by molar-refractivity contribution is 7.99. The molecule has 0 spiro atoms. The molecule has 4 aromatic rings. The van der Waals surface area contributed by atoms with E-state index in [4.69, 9.17) is 4.98 Å². The zero-order valence-corrected chi connectivity index (χ0v) is 20.0. The lowest BCUT2D eigenvalue weighted by molar-refractivity contribution is -0.113. The number of thioether (sulfide) groups is 1. The molecule has 0 radical (unpaired) electrons. The quantitative estimate of drug-likeness (QED) is 0.286. The van der Waals surface area contributed by atoms with Crippen molar-refractivity contribution in [2.45, 2.75) is 37.8 Å². The summed E-state index contributed by atoms with van der Waals surface area (Å²) in [6, 6.07) is 10.8. The van der Waals surface area contributed by atoms with Gasteiger partial charge in [0.05, 0.1) is 16.8 Å². The molecular formula is C25H21F2N3O2S2. The summed E-state index contributed by atoms with van der Waals surface area (Å²) >= 11 is 2.69. The summed E-state index contributed by atoms with van der Waals surface area (Å²) in [6.45, 7) is 1.97. The summed E-state index contributed by atoms with van der Waals surface area (Å²) in [5.74, 6) is -2.47. The van der Waals surface area contributed by atoms with Crippen molar-refractivity contribution >= 4 is 44.9 Å². The minimum absolute atomic E-state index is 0.0477. The lowest BCUT2D eigenvalue weighted by Gasteiger charge is -2.14. The van der Waals surface area contributed by atoms with Gasteiger partial charge in [-0.2, -0.15) is 0 Å². The fourth-order valence-corrected chi connectivity index (χ4v) is 6.22. The zero-order valence-electron chi connectivity index (χ0n) is 18.4. The molecule has 2 aromatic heterocycles. The van der Waals surface area contributed by atoms with Crippen LogP contribution in [0.3, 0.4) is 0 Å². The van der Waals surface area contributed by atoms with Gasteiger partial charge in [-0.05, 0) is 62.4 Å². The van der Waals surface area contributed by atoms with Crippen LogP contribution in [0.2, 0.25) is 0 Å². The predicted molar refractivity (Wildman–Crippen MR) is 132 cm³/mol. The van der Waals surface area contributed by atoms with Crippen LogP contribution in [-0.2, 0) is 17.6 Å². The zero-order chi connectivity index (χ0) is 23.8. The van der Waals surface area contributed by atoms with E-state index in [9.17, 15) is 18.4 Å². The van der Waals surface area contributed by atoms with Gasteiger partial charge in [-0.3, -0.25) is 14.2 Å². The molecule has 9 heteroatoms. The molecule has 1 aliphatic rings. The molecule has 1 aliphatic carbocycles. The highest BCUT2D eigenvalue weighted by Crippen LogP contribution is 2.35. The van der Waals surface area contributed by atoms with Crippen molar-refractivity contribution in [2.75, 3.05) is 11.1 Å². The molecule has 0 aliphatic heterocycles. The van der Waals surface area contributed by atoms with Crippen LogP contribution in [0.5, 0.6) is 0 Å². The first kappa shape index (κ1) is 22.7. The Bertz CT molecular complexity index is 1460. The standard InChI is InChI=1S/C25H21F2N3O2S2/c1-14-6-9-16(10-7-14)30-24(32)22-17-4-2-3-5-20(17)34-23(22)29-25(30)33-13-21(31)28-15-8-11-18(26)19(27)12-15/h6-12H,2-5,13H2,1H3,(H,28,31). The minimum Gasteiger partial charge on any atom is -0.325 e. The van der Waals surface area contributed by atoms with E-state index in [1.165, 1.54) is 10.9 Å². The third kappa shape index (κ3) is 4.37. The molecule has 0 atom stereocenters. The fraction of sp³-hybridized carbons (Fsp3) is 0.240. The van der Waals surface area contributed by atoms with Crippen molar-refractivity contribution in [3.05, 3.63) is 80.5 Å². The van der Waals surface area contributed by atoms with Gasteiger partial charge in [-0.25, -0.2) is 13.8 Å². The molecule has 1 N–H and O–H groups in total. The smallest absolute Gasteiger partial charge is 0.267 e. The van der Waals surface area contributed by atoms with Crippen LogP contribution in [0.25, 0.3) is 15.9 Å². The first-order valence-corrected chi connectivity index (χ1v) is 12.7. The van der Waals surface area contributed by atoms with Crippen LogP contribution >= 0.6 is 23.1 Å². The molecule has 0 fully saturated rings. The maximum Gasteiger partial charge on any atom is 0.267 e. The monoisotopic (exact) mass is 497 g/mol. The van der Waals surface area contributed by atoms with Crippen molar-refractivity contribution in [1.82, 2.24) is 9.55 Å². The molecule has 2 aromatic carbocycles. The van der Waals surface area contributed by atoms with Gasteiger partial charge >= 0.3 is 0 Å². The molecule has 1 amide bonds. The van der Waals surface area contributed by atoms with Crippen molar-refractivity contribution in [1.29, 1.82) is 0 Å². The summed E-state index contributed by atoms with van der Waals surface area (Å²) in [6.07, 6.45) is 4.00. The molecule has 174 valence electrons. The van der Waals surface area contributed by atoms with Crippen LogP contribution in [0.4, 0.5) is 14.5 Å². The molecular weight excluding hydrogens is 476 g/mol. The highest BCUT2D eigenvalue weighted by Gasteiger charge is 2.23. The van der Waals surface area contributed by atoms with E-state index in [0.717, 1.165) is 60.7 Å². The van der Waals surface area contributed by atoms with E-state index >= 15 is 0 Å². The summed E-state index contributed by atoms with van der Waals surface area (Å²) in [4.78, 5) is 33.0. The van der Waals surface area contributed by atoms with Crippen molar-refractivity contribution in [3.8, 4) is 5.69 Å². The Kier molecular flexibility index (Phi) is 6.22. The number of benzene rings is 2. The number of nitrogens with one attached hydrogen (secondary N) is 1. The lowest BCUT2D eigenvalue weighted by Crippen LogP contribution is -2.23. The van der Waals surface area contributed by atoms with Gasteiger partial charge in [-0.15, -0.1) is 11.3 Å². The predicted octanol–water partition coefficient (Wildman–Crippen LogP) is 5.64. The number of carbonyl (C=O) groups is 1. The Morgan fingerprint density at radius 1 is 1.12 bits per heavy atom. The largest absolute Gasteiger partial charge is 0.325 e. The van der Waals surface area contributed by atoms with Gasteiger partial charge in [0.1, 0.15) is 4.83 Å². The summed E-state index contributed by atoms with van der Waals surface area (Å²) in [5.41, 5.74) is 2.90. The van der Waals surface area contributed by atoms with Gasteiger partial charge in [0.15, 0.2) is 16.8 Å². The Morgan fingerprint density at radius 3 is 2.65 bits per heavy atom. The van der Waals surface area contributed by atoms with E-state index in [2.05, 4.69) is 5.32 Å². The second-order valence-corrected chi connectivity index (χ2v) is 10.3. The molecule has 2 heterocycles. The van der Waals surface area contributed by atoms with Crippen molar-refractivity contribution in [2.24, 2.45) is 0 Å². The molecule has 5 rings (SSSR count). The van der Waals surface area contributed by atoms with Gasteiger partial charge in [0, 0.05) is 16.6 Å². The van der Waals surface area contributed by atoms with Gasteiger partial charge in [0.25, 0.3) is 5.56 Å². The van der Waals surface area contributed by atoms with Crippen LogP contribution < -0.4 is 10.9 Å². The first-order chi connectivity index (χ1) is 16.4. The number of aromatic nitrogens is 2. The number of thiophene rings is 1. The van der Waals surface area contributed by atoms with Gasteiger partial charge in [0.2, 0.25) is 5.91 Å². The average molecular weight is 498 g/mol. The number of aryl methyl sites for hydroxylation is 3. The van der Waals surface area contributed by atoms with Crippen LogP contribution in [0.1, 0.15) is 28.8 Å². The van der Waals surface area contributed by atoms with E-state index in [1.807, 2.05) is 31.2 Å². The SMILES string of the molecule is Cc1ccc(-n2c(SCC(=O)Nc3ccc(F)c(F)c3)nc3sc4c(c3c2=O)CCCC4)cc1. The molecule has 5 nitrogen and oxygen atoms in total. The number of halogens is 2. The Labute approximate surface area is 202 Å². The molecule has 0 saturated carbocycles. The van der Waals surface area contributed by atoms with E-state index < -0.39 is 17.5 Å². The third-order valence-corrected chi connectivity index (χ3v) is 7.91. The summed E-state index contributed by atoms with van der Waals surface area (Å²) < 4.78 is 28.2. The van der Waals surface area contributed by atoms with E-state index in [1.54, 1.807) is 15.9 Å². The molecule has 34 heavy (non-hydrogen) atoms. The topological polar surface area (TPSA) is 64.0 Å².